The second-order valence-corrected chi connectivity index (χ2v) is 7.79. The zero-order valence-corrected chi connectivity index (χ0v) is 13.3. The van der Waals surface area contributed by atoms with Crippen LogP contribution in [-0.2, 0) is 13.1 Å². The molecule has 0 radical (unpaired) electrons. The van der Waals surface area contributed by atoms with Gasteiger partial charge in [-0.05, 0) is 6.07 Å². The normalized spacial score (nSPS) is 25.1. The van der Waals surface area contributed by atoms with Crippen molar-refractivity contribution in [2.75, 3.05) is 13.1 Å². The topological polar surface area (TPSA) is 28.4 Å². The molecule has 2 unspecified atom stereocenters. The molecule has 19 heavy (non-hydrogen) atoms. The third-order valence-corrected chi connectivity index (χ3v) is 4.52. The minimum absolute atomic E-state index is 0.513. The maximum Gasteiger partial charge on any atom is 0.118 e. The molecule has 0 spiro atoms. The predicted molar refractivity (Wildman–Crippen MR) is 82.5 cm³/mol. The van der Waals surface area contributed by atoms with Crippen molar-refractivity contribution in [1.82, 2.24) is 10.2 Å². The Morgan fingerprint density at radius 2 is 2.05 bits per heavy atom. The highest BCUT2D eigenvalue weighted by Gasteiger charge is 2.22. The van der Waals surface area contributed by atoms with Crippen LogP contribution >= 0.6 is 11.8 Å². The number of hydrogen-bond acceptors (Lipinski definition) is 4. The van der Waals surface area contributed by atoms with Gasteiger partial charge in [0.2, 0.25) is 0 Å². The Kier molecular flexibility index (Phi) is 5.37. The predicted octanol–water partition coefficient (Wildman–Crippen LogP) is 3.10. The molecular formula is C15H26N2OS. The van der Waals surface area contributed by atoms with Gasteiger partial charge in [0, 0.05) is 41.7 Å². The molecule has 2 atom stereocenters. The maximum absolute atomic E-state index is 5.68. The van der Waals surface area contributed by atoms with E-state index in [4.69, 9.17) is 4.42 Å². The molecule has 2 heterocycles. The number of hydrogen-bond donors (Lipinski definition) is 1. The molecule has 0 bridgehead atoms. The zero-order valence-electron chi connectivity index (χ0n) is 12.5. The summed E-state index contributed by atoms with van der Waals surface area (Å²) in [7, 11) is 0. The number of nitrogens with one attached hydrogen (secondary N) is 1. The van der Waals surface area contributed by atoms with Crippen molar-refractivity contribution in [2.24, 2.45) is 0 Å². The highest BCUT2D eigenvalue weighted by Crippen LogP contribution is 2.26. The molecule has 0 saturated carbocycles. The maximum atomic E-state index is 5.68. The molecule has 2 rings (SSSR count). The lowest BCUT2D eigenvalue weighted by Crippen LogP contribution is -2.39. The van der Waals surface area contributed by atoms with Gasteiger partial charge in [-0.3, -0.25) is 4.90 Å². The Morgan fingerprint density at radius 3 is 2.68 bits per heavy atom. The summed E-state index contributed by atoms with van der Waals surface area (Å²) in [6.07, 6.45) is 1.89. The summed E-state index contributed by atoms with van der Waals surface area (Å²) in [5, 5.41) is 4.86. The van der Waals surface area contributed by atoms with Crippen LogP contribution in [0.2, 0.25) is 0 Å². The molecule has 0 aliphatic carbocycles. The van der Waals surface area contributed by atoms with Crippen LogP contribution in [-0.4, -0.2) is 34.5 Å². The third kappa shape index (κ3) is 4.86. The first kappa shape index (κ1) is 14.9. The van der Waals surface area contributed by atoms with E-state index < -0.39 is 0 Å². The Labute approximate surface area is 121 Å². The smallest absolute Gasteiger partial charge is 0.118 e. The molecule has 0 amide bonds. The zero-order chi connectivity index (χ0) is 13.8. The summed E-state index contributed by atoms with van der Waals surface area (Å²) < 4.78 is 5.68. The summed E-state index contributed by atoms with van der Waals surface area (Å²) in [6.45, 7) is 13.1. The van der Waals surface area contributed by atoms with Gasteiger partial charge in [-0.25, -0.2) is 0 Å². The van der Waals surface area contributed by atoms with Gasteiger partial charge in [0.05, 0.1) is 12.8 Å². The fourth-order valence-corrected chi connectivity index (χ4v) is 3.94. The van der Waals surface area contributed by atoms with Crippen LogP contribution in [0.5, 0.6) is 0 Å². The molecule has 0 aromatic carbocycles. The minimum Gasteiger partial charge on any atom is -0.468 e. The van der Waals surface area contributed by atoms with Crippen LogP contribution < -0.4 is 5.32 Å². The number of thioether (sulfide) groups is 1. The van der Waals surface area contributed by atoms with Gasteiger partial charge in [0.25, 0.3) is 0 Å². The van der Waals surface area contributed by atoms with E-state index in [1.807, 2.05) is 6.26 Å². The van der Waals surface area contributed by atoms with E-state index in [0.29, 0.717) is 6.04 Å². The molecule has 1 aromatic heterocycles. The largest absolute Gasteiger partial charge is 0.468 e. The van der Waals surface area contributed by atoms with Crippen LogP contribution in [0.1, 0.15) is 39.0 Å². The second-order valence-electron chi connectivity index (χ2n) is 5.91. The molecule has 1 aliphatic rings. The van der Waals surface area contributed by atoms with Crippen molar-refractivity contribution < 1.29 is 4.42 Å². The summed E-state index contributed by atoms with van der Waals surface area (Å²) in [5.74, 6) is 1.09. The van der Waals surface area contributed by atoms with Gasteiger partial charge < -0.3 is 9.73 Å². The molecule has 1 saturated heterocycles. The number of furan rings is 1. The van der Waals surface area contributed by atoms with Crippen LogP contribution in [0.3, 0.4) is 0 Å². The number of rotatable bonds is 5. The van der Waals surface area contributed by atoms with Crippen LogP contribution in [0, 0.1) is 0 Å². The van der Waals surface area contributed by atoms with E-state index in [2.05, 4.69) is 55.7 Å². The van der Waals surface area contributed by atoms with Gasteiger partial charge >= 0.3 is 0 Å². The van der Waals surface area contributed by atoms with Gasteiger partial charge in [-0.15, -0.1) is 0 Å². The molecule has 4 heteroatoms. The van der Waals surface area contributed by atoms with Crippen molar-refractivity contribution in [3.8, 4) is 0 Å². The molecule has 108 valence electrons. The first-order chi connectivity index (χ1) is 9.02. The minimum atomic E-state index is 0.513. The van der Waals surface area contributed by atoms with Gasteiger partial charge in [0.1, 0.15) is 5.76 Å². The van der Waals surface area contributed by atoms with Gasteiger partial charge in [0.15, 0.2) is 0 Å². The number of nitrogens with zero attached hydrogens (tertiary/aromatic N) is 1. The Hall–Kier alpha value is -0.450. The summed E-state index contributed by atoms with van der Waals surface area (Å²) in [6, 6.07) is 2.70. The lowest BCUT2D eigenvalue weighted by molar-refractivity contribution is 0.241. The average molecular weight is 282 g/mol. The van der Waals surface area contributed by atoms with Gasteiger partial charge in [-0.1, -0.05) is 27.7 Å². The van der Waals surface area contributed by atoms with Crippen molar-refractivity contribution >= 4 is 11.8 Å². The van der Waals surface area contributed by atoms with E-state index in [9.17, 15) is 0 Å². The Balaban J connectivity index is 1.85. The Morgan fingerprint density at radius 1 is 1.37 bits per heavy atom. The fraction of sp³-hybridized carbons (Fsp3) is 0.733. The first-order valence-corrected chi connectivity index (χ1v) is 8.14. The lowest BCUT2D eigenvalue weighted by atomic mass is 10.2. The summed E-state index contributed by atoms with van der Waals surface area (Å²) in [5.41, 5.74) is 1.25. The summed E-state index contributed by atoms with van der Waals surface area (Å²) in [4.78, 5) is 2.50. The first-order valence-electron chi connectivity index (χ1n) is 7.20. The second kappa shape index (κ2) is 6.82. The average Bonchev–Trinajstić information content (AvgIpc) is 2.72. The summed E-state index contributed by atoms with van der Waals surface area (Å²) >= 11 is 2.09. The van der Waals surface area contributed by atoms with E-state index >= 15 is 0 Å². The van der Waals surface area contributed by atoms with Crippen molar-refractivity contribution in [3.63, 3.8) is 0 Å². The quantitative estimate of drug-likeness (QED) is 0.898. The van der Waals surface area contributed by atoms with Crippen LogP contribution in [0.4, 0.5) is 0 Å². The van der Waals surface area contributed by atoms with E-state index in [1.54, 1.807) is 0 Å². The third-order valence-electron chi connectivity index (χ3n) is 3.30. The lowest BCUT2D eigenvalue weighted by Gasteiger charge is -2.33. The van der Waals surface area contributed by atoms with Crippen molar-refractivity contribution in [3.05, 3.63) is 23.7 Å². The van der Waals surface area contributed by atoms with E-state index in [0.717, 1.165) is 42.4 Å². The fourth-order valence-electron chi connectivity index (χ4n) is 2.56. The van der Waals surface area contributed by atoms with Crippen LogP contribution in [0.15, 0.2) is 16.7 Å². The molecular weight excluding hydrogens is 256 g/mol. The highest BCUT2D eigenvalue weighted by atomic mass is 32.2. The highest BCUT2D eigenvalue weighted by molar-refractivity contribution is 8.00. The van der Waals surface area contributed by atoms with Crippen molar-refractivity contribution in [1.29, 1.82) is 0 Å². The van der Waals surface area contributed by atoms with Crippen LogP contribution in [0.25, 0.3) is 0 Å². The molecule has 1 fully saturated rings. The Bertz CT molecular complexity index is 381. The van der Waals surface area contributed by atoms with E-state index in [1.165, 1.54) is 5.56 Å². The van der Waals surface area contributed by atoms with E-state index in [-0.39, 0.29) is 0 Å². The molecule has 1 aromatic rings. The standard InChI is InChI=1S/C15H26N2OS/c1-11(2)16-6-14-5-15(18-10-14)9-17-7-12(3)19-13(4)8-17/h5,10-13,16H,6-9H2,1-4H3. The monoisotopic (exact) mass is 282 g/mol. The van der Waals surface area contributed by atoms with Crippen molar-refractivity contribution in [2.45, 2.75) is 57.3 Å². The van der Waals surface area contributed by atoms with Gasteiger partial charge in [-0.2, -0.15) is 11.8 Å². The molecule has 1 N–H and O–H groups in total. The SMILES string of the molecule is CC(C)NCc1coc(CN2CC(C)SC(C)C2)c1. The molecule has 3 nitrogen and oxygen atoms in total. The molecule has 1 aliphatic heterocycles.